The van der Waals surface area contributed by atoms with Crippen LogP contribution in [0, 0.1) is 0 Å². The molecule has 0 atom stereocenters. The minimum absolute atomic E-state index is 0.0486. The Morgan fingerprint density at radius 1 is 1.10 bits per heavy atom. The monoisotopic (exact) mass is 276 g/mol. The molecule has 1 fully saturated rings. The first kappa shape index (κ1) is 14.5. The van der Waals surface area contributed by atoms with E-state index in [9.17, 15) is 9.59 Å². The van der Waals surface area contributed by atoms with Gasteiger partial charge in [-0.05, 0) is 25.0 Å². The van der Waals surface area contributed by atoms with Crippen molar-refractivity contribution >= 4 is 11.9 Å². The third-order valence-electron chi connectivity index (χ3n) is 3.69. The molecule has 0 aromatic carbocycles. The summed E-state index contributed by atoms with van der Waals surface area (Å²) < 4.78 is 0. The summed E-state index contributed by atoms with van der Waals surface area (Å²) in [4.78, 5) is 26.6. The smallest absolute Gasteiger partial charge is 0.354 e. The maximum absolute atomic E-state index is 12.1. The molecule has 1 aliphatic carbocycles. The number of aromatic carboxylic acids is 1. The van der Waals surface area contributed by atoms with Gasteiger partial charge in [0.1, 0.15) is 5.69 Å². The van der Waals surface area contributed by atoms with Crippen molar-refractivity contribution in [2.75, 3.05) is 0 Å². The zero-order valence-corrected chi connectivity index (χ0v) is 11.5. The van der Waals surface area contributed by atoms with Crippen molar-refractivity contribution in [3.63, 3.8) is 0 Å². The summed E-state index contributed by atoms with van der Waals surface area (Å²) in [6, 6.07) is 3.09. The maximum atomic E-state index is 12.1. The van der Waals surface area contributed by atoms with Gasteiger partial charge in [-0.25, -0.2) is 9.78 Å². The van der Waals surface area contributed by atoms with Crippen LogP contribution in [0.2, 0.25) is 0 Å². The van der Waals surface area contributed by atoms with Crippen LogP contribution in [0.25, 0.3) is 0 Å². The second kappa shape index (κ2) is 7.03. The zero-order valence-electron chi connectivity index (χ0n) is 11.5. The fraction of sp³-hybridized carbons (Fsp3) is 0.533. The largest absolute Gasteiger partial charge is 0.477 e. The second-order valence-electron chi connectivity index (χ2n) is 5.25. The molecule has 5 nitrogen and oxygen atoms in total. The van der Waals surface area contributed by atoms with Gasteiger partial charge in [0.25, 0.3) is 5.91 Å². The van der Waals surface area contributed by atoms with Crippen LogP contribution in [0.3, 0.4) is 0 Å². The Bertz CT molecular complexity index is 463. The molecule has 0 saturated heterocycles. The van der Waals surface area contributed by atoms with Crippen LogP contribution < -0.4 is 5.32 Å². The highest BCUT2D eigenvalue weighted by molar-refractivity contribution is 5.95. The van der Waals surface area contributed by atoms with Gasteiger partial charge >= 0.3 is 5.97 Å². The number of nitrogens with zero attached hydrogens (tertiary/aromatic N) is 1. The average molecular weight is 276 g/mol. The van der Waals surface area contributed by atoms with Crippen LogP contribution in [-0.4, -0.2) is 28.0 Å². The molecule has 0 aliphatic heterocycles. The van der Waals surface area contributed by atoms with Crippen LogP contribution in [0.4, 0.5) is 0 Å². The van der Waals surface area contributed by atoms with Gasteiger partial charge in [-0.1, -0.05) is 32.1 Å². The van der Waals surface area contributed by atoms with Gasteiger partial charge in [0.2, 0.25) is 0 Å². The molecule has 1 amide bonds. The van der Waals surface area contributed by atoms with E-state index in [-0.39, 0.29) is 17.6 Å². The Hall–Kier alpha value is -1.91. The van der Waals surface area contributed by atoms with E-state index in [2.05, 4.69) is 10.3 Å². The van der Waals surface area contributed by atoms with Crippen LogP contribution in [-0.2, 0) is 0 Å². The third-order valence-corrected chi connectivity index (χ3v) is 3.69. The number of carbonyl (C=O) groups is 2. The summed E-state index contributed by atoms with van der Waals surface area (Å²) in [6.07, 6.45) is 9.44. The molecule has 0 bridgehead atoms. The molecule has 1 heterocycles. The summed E-state index contributed by atoms with van der Waals surface area (Å²) in [7, 11) is 0. The molecule has 2 rings (SSSR count). The number of carboxylic acids is 1. The summed E-state index contributed by atoms with van der Waals surface area (Å²) in [5.74, 6) is -1.25. The van der Waals surface area contributed by atoms with E-state index in [1.807, 2.05) is 0 Å². The highest BCUT2D eigenvalue weighted by atomic mass is 16.4. The summed E-state index contributed by atoms with van der Waals surface area (Å²) in [5, 5.41) is 11.8. The molecular weight excluding hydrogens is 256 g/mol. The predicted molar refractivity (Wildman–Crippen MR) is 74.8 cm³/mol. The number of carbonyl (C=O) groups excluding carboxylic acids is 1. The topological polar surface area (TPSA) is 79.3 Å². The lowest BCUT2D eigenvalue weighted by Gasteiger charge is -2.21. The number of pyridine rings is 1. The summed E-state index contributed by atoms with van der Waals surface area (Å²) >= 11 is 0. The standard InChI is InChI=1S/C15H20N2O3/c18-14(11-8-9-13(15(19)20)16-10-11)17-12-6-4-2-1-3-5-7-12/h8-10,12H,1-7H2,(H,17,18)(H,19,20). The summed E-state index contributed by atoms with van der Waals surface area (Å²) in [5.41, 5.74) is 0.365. The number of nitrogens with one attached hydrogen (secondary N) is 1. The van der Waals surface area contributed by atoms with E-state index in [0.29, 0.717) is 5.56 Å². The van der Waals surface area contributed by atoms with Crippen LogP contribution in [0.1, 0.15) is 65.8 Å². The van der Waals surface area contributed by atoms with E-state index in [1.165, 1.54) is 37.6 Å². The van der Waals surface area contributed by atoms with Crippen molar-refractivity contribution in [3.05, 3.63) is 29.6 Å². The van der Waals surface area contributed by atoms with Crippen molar-refractivity contribution in [1.82, 2.24) is 10.3 Å². The first-order valence-corrected chi connectivity index (χ1v) is 7.17. The predicted octanol–water partition coefficient (Wildman–Crippen LogP) is 2.62. The highest BCUT2D eigenvalue weighted by Crippen LogP contribution is 2.17. The van der Waals surface area contributed by atoms with Crippen LogP contribution in [0.5, 0.6) is 0 Å². The van der Waals surface area contributed by atoms with Crippen LogP contribution in [0.15, 0.2) is 18.3 Å². The Morgan fingerprint density at radius 3 is 2.30 bits per heavy atom. The number of rotatable bonds is 3. The number of hydrogen-bond donors (Lipinski definition) is 2. The van der Waals surface area contributed by atoms with Crippen molar-refractivity contribution in [1.29, 1.82) is 0 Å². The molecule has 0 unspecified atom stereocenters. The SMILES string of the molecule is O=C(NC1CCCCCCC1)c1ccc(C(=O)O)nc1. The first-order valence-electron chi connectivity index (χ1n) is 7.17. The number of aromatic nitrogens is 1. The Labute approximate surface area is 118 Å². The second-order valence-corrected chi connectivity index (χ2v) is 5.25. The Balaban J connectivity index is 1.94. The third kappa shape index (κ3) is 4.05. The Kier molecular flexibility index (Phi) is 5.09. The van der Waals surface area contributed by atoms with Gasteiger partial charge in [0.15, 0.2) is 0 Å². The average Bonchev–Trinajstić information content (AvgIpc) is 2.41. The molecule has 20 heavy (non-hydrogen) atoms. The highest BCUT2D eigenvalue weighted by Gasteiger charge is 2.15. The lowest BCUT2D eigenvalue weighted by atomic mass is 9.96. The molecule has 1 aromatic heterocycles. The van der Waals surface area contributed by atoms with Gasteiger partial charge < -0.3 is 10.4 Å². The van der Waals surface area contributed by atoms with Gasteiger partial charge in [0.05, 0.1) is 5.56 Å². The molecule has 1 saturated carbocycles. The van der Waals surface area contributed by atoms with E-state index in [1.54, 1.807) is 0 Å². The van der Waals surface area contributed by atoms with Crippen molar-refractivity contribution < 1.29 is 14.7 Å². The number of hydrogen-bond acceptors (Lipinski definition) is 3. The number of amides is 1. The van der Waals surface area contributed by atoms with Gasteiger partial charge in [-0.3, -0.25) is 4.79 Å². The van der Waals surface area contributed by atoms with E-state index in [4.69, 9.17) is 5.11 Å². The molecular formula is C15H20N2O3. The Morgan fingerprint density at radius 2 is 1.75 bits per heavy atom. The van der Waals surface area contributed by atoms with E-state index < -0.39 is 5.97 Å². The minimum atomic E-state index is -1.09. The van der Waals surface area contributed by atoms with Gasteiger partial charge in [-0.2, -0.15) is 0 Å². The molecule has 1 aliphatic rings. The van der Waals surface area contributed by atoms with E-state index in [0.717, 1.165) is 25.7 Å². The lowest BCUT2D eigenvalue weighted by Crippen LogP contribution is -2.35. The molecule has 108 valence electrons. The normalized spacial score (nSPS) is 17.0. The van der Waals surface area contributed by atoms with Crippen molar-refractivity contribution in [3.8, 4) is 0 Å². The zero-order chi connectivity index (χ0) is 14.4. The quantitative estimate of drug-likeness (QED) is 0.889. The van der Waals surface area contributed by atoms with E-state index >= 15 is 0 Å². The fourth-order valence-corrected chi connectivity index (χ4v) is 2.52. The molecule has 0 spiro atoms. The molecule has 2 N–H and O–H groups in total. The molecule has 5 heteroatoms. The van der Waals surface area contributed by atoms with Gasteiger partial charge in [0, 0.05) is 12.2 Å². The van der Waals surface area contributed by atoms with Gasteiger partial charge in [-0.15, -0.1) is 0 Å². The molecule has 0 radical (unpaired) electrons. The van der Waals surface area contributed by atoms with Crippen molar-refractivity contribution in [2.24, 2.45) is 0 Å². The molecule has 1 aromatic rings. The lowest BCUT2D eigenvalue weighted by molar-refractivity contribution is 0.0689. The van der Waals surface area contributed by atoms with Crippen molar-refractivity contribution in [2.45, 2.75) is 51.0 Å². The fourth-order valence-electron chi connectivity index (χ4n) is 2.52. The maximum Gasteiger partial charge on any atom is 0.354 e. The summed E-state index contributed by atoms with van der Waals surface area (Å²) in [6.45, 7) is 0. The van der Waals surface area contributed by atoms with Crippen LogP contribution >= 0.6 is 0 Å². The minimum Gasteiger partial charge on any atom is -0.477 e. The first-order chi connectivity index (χ1) is 9.66. The number of carboxylic acid groups (broad SMARTS) is 1.